The quantitative estimate of drug-likeness (QED) is 0.0880. The van der Waals surface area contributed by atoms with Crippen LogP contribution < -0.4 is 11.1 Å². The highest BCUT2D eigenvalue weighted by molar-refractivity contribution is 7.94. The summed E-state index contributed by atoms with van der Waals surface area (Å²) >= 11 is 0.536. The van der Waals surface area contributed by atoms with E-state index in [9.17, 15) is 23.2 Å². The number of hydrogen-bond donors (Lipinski definition) is 6. The molecular formula is C14H12N8O8S2. The third kappa shape index (κ3) is 5.94. The zero-order chi connectivity index (χ0) is 23.3. The number of pyridine rings is 1. The predicted octanol–water partition coefficient (Wildman–Crippen LogP) is 2.09. The number of nitrogens with zero attached hydrogens (tertiary/aromatic N) is 6. The molecule has 32 heavy (non-hydrogen) atoms. The Morgan fingerprint density at radius 1 is 1.00 bits per heavy atom. The molecule has 7 N–H and O–H groups in total. The standard InChI is InChI=1S/C14H12N8O8S2/c15-11-7(2-4-10(16-11)17-12-18-13(23)20-14(24)19-12)21-22-8-5-6(31-30-29-25)1-3-9(8)32(26,27)28/h1-5,25H,(H,26,27,28)(H5,15,16,17,18,19,20,23,24)/b22-21+. The summed E-state index contributed by atoms with van der Waals surface area (Å²) in [6, 6.07) is 4.80. The van der Waals surface area contributed by atoms with E-state index in [1.165, 1.54) is 24.3 Å². The van der Waals surface area contributed by atoms with E-state index in [4.69, 9.17) is 11.0 Å². The number of aromatic hydroxyl groups is 2. The van der Waals surface area contributed by atoms with E-state index in [-0.39, 0.29) is 33.9 Å². The molecule has 2 heterocycles. The van der Waals surface area contributed by atoms with Crippen molar-refractivity contribution in [1.29, 1.82) is 0 Å². The predicted molar refractivity (Wildman–Crippen MR) is 106 cm³/mol. The van der Waals surface area contributed by atoms with Crippen molar-refractivity contribution in [2.45, 2.75) is 9.79 Å². The largest absolute Gasteiger partial charge is 0.479 e. The minimum atomic E-state index is -4.63. The first kappa shape index (κ1) is 23.0. The molecule has 0 unspecified atom stereocenters. The molecule has 2 aromatic heterocycles. The fourth-order valence-electron chi connectivity index (χ4n) is 2.15. The first-order valence-corrected chi connectivity index (χ1v) is 10.2. The van der Waals surface area contributed by atoms with Gasteiger partial charge < -0.3 is 21.3 Å². The lowest BCUT2D eigenvalue weighted by Crippen LogP contribution is -2.01. The van der Waals surface area contributed by atoms with Crippen LogP contribution in [0.5, 0.6) is 12.0 Å². The van der Waals surface area contributed by atoms with Gasteiger partial charge in [-0.1, -0.05) is 5.04 Å². The minimum absolute atomic E-state index is 0.0335. The molecule has 0 atom stereocenters. The summed E-state index contributed by atoms with van der Waals surface area (Å²) in [6.45, 7) is 0. The second kappa shape index (κ2) is 9.64. The zero-order valence-electron chi connectivity index (χ0n) is 15.4. The Kier molecular flexibility index (Phi) is 6.92. The highest BCUT2D eigenvalue weighted by Crippen LogP contribution is 2.33. The van der Waals surface area contributed by atoms with E-state index < -0.39 is 27.0 Å². The van der Waals surface area contributed by atoms with Crippen LogP contribution in [0.2, 0.25) is 0 Å². The van der Waals surface area contributed by atoms with Crippen LogP contribution in [-0.2, 0) is 19.5 Å². The van der Waals surface area contributed by atoms with Crippen molar-refractivity contribution < 1.29 is 37.8 Å². The van der Waals surface area contributed by atoms with Crippen LogP contribution in [0.25, 0.3) is 0 Å². The third-order valence-electron chi connectivity index (χ3n) is 3.39. The van der Waals surface area contributed by atoms with Gasteiger partial charge in [-0.15, -0.1) is 19.5 Å². The van der Waals surface area contributed by atoms with E-state index in [1.54, 1.807) is 0 Å². The van der Waals surface area contributed by atoms with Crippen molar-refractivity contribution in [3.63, 3.8) is 0 Å². The monoisotopic (exact) mass is 484 g/mol. The molecule has 0 radical (unpaired) electrons. The lowest BCUT2D eigenvalue weighted by Gasteiger charge is -2.06. The Morgan fingerprint density at radius 2 is 1.69 bits per heavy atom. The fourth-order valence-corrected chi connectivity index (χ4v) is 3.15. The number of nitrogens with two attached hydrogens (primary N) is 1. The minimum Gasteiger partial charge on any atom is -0.479 e. The normalized spacial score (nSPS) is 11.7. The number of aromatic nitrogens is 4. The van der Waals surface area contributed by atoms with Gasteiger partial charge in [0.15, 0.2) is 5.82 Å². The first-order chi connectivity index (χ1) is 15.2. The van der Waals surface area contributed by atoms with Gasteiger partial charge in [-0.25, -0.2) is 10.2 Å². The van der Waals surface area contributed by atoms with Gasteiger partial charge in [0.25, 0.3) is 10.1 Å². The van der Waals surface area contributed by atoms with Gasteiger partial charge in [0, 0.05) is 4.90 Å². The van der Waals surface area contributed by atoms with Crippen LogP contribution in [0, 0.1) is 0 Å². The van der Waals surface area contributed by atoms with Crippen molar-refractivity contribution in [2.24, 2.45) is 10.2 Å². The fraction of sp³-hybridized carbons (Fsp3) is 0. The molecule has 0 spiro atoms. The van der Waals surface area contributed by atoms with Crippen LogP contribution in [0.1, 0.15) is 0 Å². The molecule has 0 fully saturated rings. The Morgan fingerprint density at radius 3 is 2.31 bits per heavy atom. The first-order valence-electron chi connectivity index (χ1n) is 8.01. The van der Waals surface area contributed by atoms with Crippen LogP contribution in [0.15, 0.2) is 50.4 Å². The summed E-state index contributed by atoms with van der Waals surface area (Å²) < 4.78 is 36.8. The molecule has 18 heteroatoms. The number of nitrogens with one attached hydrogen (secondary N) is 1. The molecule has 1 aromatic carbocycles. The Balaban J connectivity index is 1.87. The van der Waals surface area contributed by atoms with Gasteiger partial charge >= 0.3 is 12.0 Å². The number of rotatable bonds is 8. The molecule has 168 valence electrons. The van der Waals surface area contributed by atoms with E-state index >= 15 is 0 Å². The molecule has 0 bridgehead atoms. The van der Waals surface area contributed by atoms with E-state index in [0.717, 1.165) is 6.07 Å². The summed E-state index contributed by atoms with van der Waals surface area (Å²) in [5, 5.41) is 40.4. The average Bonchev–Trinajstić information content (AvgIpc) is 2.70. The van der Waals surface area contributed by atoms with Gasteiger partial charge in [0.2, 0.25) is 5.95 Å². The number of benzene rings is 1. The molecule has 0 aliphatic carbocycles. The zero-order valence-corrected chi connectivity index (χ0v) is 17.0. The third-order valence-corrected chi connectivity index (χ3v) is 4.86. The molecule has 0 saturated heterocycles. The summed E-state index contributed by atoms with van der Waals surface area (Å²) in [7, 11) is -4.63. The Bertz CT molecular complexity index is 1250. The summed E-state index contributed by atoms with van der Waals surface area (Å²) in [5.41, 5.74) is 5.59. The second-order valence-corrected chi connectivity index (χ2v) is 7.68. The van der Waals surface area contributed by atoms with Gasteiger partial charge in [0.1, 0.15) is 22.1 Å². The summed E-state index contributed by atoms with van der Waals surface area (Å²) in [6.07, 6.45) is 0. The van der Waals surface area contributed by atoms with E-state index in [1.807, 2.05) is 0 Å². The number of anilines is 3. The van der Waals surface area contributed by atoms with Gasteiger partial charge in [0.05, 0.1) is 12.0 Å². The topological polar surface area (TPSA) is 248 Å². The van der Waals surface area contributed by atoms with Crippen LogP contribution in [0.4, 0.5) is 29.0 Å². The summed E-state index contributed by atoms with van der Waals surface area (Å²) in [4.78, 5) is 14.0. The SMILES string of the molecule is Nc1nc(Nc2nc(O)nc(O)n2)ccc1/N=N/c1cc(SOOO)ccc1S(=O)(=O)O. The lowest BCUT2D eigenvalue weighted by atomic mass is 10.3. The molecule has 0 saturated carbocycles. The lowest BCUT2D eigenvalue weighted by molar-refractivity contribution is -0.432. The van der Waals surface area contributed by atoms with Crippen molar-refractivity contribution >= 4 is 51.1 Å². The number of nitrogen functional groups attached to an aromatic ring is 1. The number of hydrogen-bond acceptors (Lipinski definition) is 16. The molecule has 0 amide bonds. The van der Waals surface area contributed by atoms with Crippen molar-refractivity contribution in [2.75, 3.05) is 11.1 Å². The van der Waals surface area contributed by atoms with Crippen molar-refractivity contribution in [3.8, 4) is 12.0 Å². The van der Waals surface area contributed by atoms with E-state index in [0.29, 0.717) is 12.0 Å². The molecule has 16 nitrogen and oxygen atoms in total. The van der Waals surface area contributed by atoms with Gasteiger partial charge in [-0.05, 0) is 30.3 Å². The Hall–Kier alpha value is -3.68. The van der Waals surface area contributed by atoms with Crippen LogP contribution in [0.3, 0.4) is 0 Å². The average molecular weight is 484 g/mol. The molecule has 0 aliphatic heterocycles. The maximum absolute atomic E-state index is 11.6. The maximum atomic E-state index is 11.6. The molecule has 3 aromatic rings. The van der Waals surface area contributed by atoms with Gasteiger partial charge in [-0.3, -0.25) is 4.55 Å². The van der Waals surface area contributed by atoms with Crippen molar-refractivity contribution in [3.05, 3.63) is 30.3 Å². The maximum Gasteiger partial charge on any atom is 0.321 e. The van der Waals surface area contributed by atoms with Crippen LogP contribution >= 0.6 is 12.0 Å². The van der Waals surface area contributed by atoms with Crippen LogP contribution in [-0.4, -0.2) is 48.4 Å². The van der Waals surface area contributed by atoms with Gasteiger partial charge in [-0.2, -0.15) is 18.4 Å². The van der Waals surface area contributed by atoms with Crippen molar-refractivity contribution in [1.82, 2.24) is 19.9 Å². The molecular weight excluding hydrogens is 472 g/mol. The molecule has 3 rings (SSSR count). The highest BCUT2D eigenvalue weighted by Gasteiger charge is 2.17. The highest BCUT2D eigenvalue weighted by atomic mass is 32.2. The second-order valence-electron chi connectivity index (χ2n) is 5.52. The Labute approximate surface area is 182 Å². The number of azo groups is 1. The smallest absolute Gasteiger partial charge is 0.321 e. The molecule has 0 aliphatic rings. The summed E-state index contributed by atoms with van der Waals surface area (Å²) in [5.74, 6) is -0.237. The van der Waals surface area contributed by atoms with E-state index in [2.05, 4.69) is 44.9 Å².